The van der Waals surface area contributed by atoms with Crippen LogP contribution in [0.25, 0.3) is 11.0 Å². The Labute approximate surface area is 192 Å². The maximum Gasteiger partial charge on any atom is 0.258 e. The highest BCUT2D eigenvalue weighted by atomic mass is 35.5. The van der Waals surface area contributed by atoms with Crippen LogP contribution in [0.3, 0.4) is 0 Å². The molecular weight excluding hydrogens is 432 g/mol. The molecule has 1 aliphatic rings. The van der Waals surface area contributed by atoms with Gasteiger partial charge in [0.15, 0.2) is 0 Å². The van der Waals surface area contributed by atoms with Crippen LogP contribution < -0.4 is 0 Å². The summed E-state index contributed by atoms with van der Waals surface area (Å²) in [5.41, 5.74) is 1.34. The first-order valence-corrected chi connectivity index (χ1v) is 11.8. The number of nitrogens with zero attached hydrogens (tertiary/aromatic N) is 3. The first-order valence-electron chi connectivity index (χ1n) is 11.4. The Morgan fingerprint density at radius 3 is 2.69 bits per heavy atom. The predicted molar refractivity (Wildman–Crippen MR) is 123 cm³/mol. The van der Waals surface area contributed by atoms with Crippen molar-refractivity contribution in [2.24, 2.45) is 0 Å². The lowest BCUT2D eigenvalue weighted by Crippen LogP contribution is -2.33. The lowest BCUT2D eigenvalue weighted by molar-refractivity contribution is 0.0728. The summed E-state index contributed by atoms with van der Waals surface area (Å²) in [5.74, 6) is -0.710. The van der Waals surface area contributed by atoms with Crippen LogP contribution in [0.4, 0.5) is 8.78 Å². The second kappa shape index (κ2) is 9.99. The van der Waals surface area contributed by atoms with Gasteiger partial charge >= 0.3 is 0 Å². The number of carbonyl (C=O) groups excluding carboxylic acids is 1. The van der Waals surface area contributed by atoms with E-state index >= 15 is 0 Å². The van der Waals surface area contributed by atoms with E-state index < -0.39 is 11.7 Å². The summed E-state index contributed by atoms with van der Waals surface area (Å²) in [5, 5.41) is 0.0989. The molecule has 0 atom stereocenters. The summed E-state index contributed by atoms with van der Waals surface area (Å²) in [6, 6.07) is 9.17. The van der Waals surface area contributed by atoms with Crippen LogP contribution >= 0.6 is 11.6 Å². The zero-order valence-electron chi connectivity index (χ0n) is 18.3. The summed E-state index contributed by atoms with van der Waals surface area (Å²) in [6.45, 7) is 2.79. The first kappa shape index (κ1) is 22.7. The number of rotatable bonds is 8. The highest BCUT2D eigenvalue weighted by molar-refractivity contribution is 6.33. The zero-order valence-corrected chi connectivity index (χ0v) is 19.0. The van der Waals surface area contributed by atoms with Crippen LogP contribution in [0, 0.1) is 11.6 Å². The molecule has 1 aromatic heterocycles. The number of carbonyl (C=O) groups is 1. The van der Waals surface area contributed by atoms with Gasteiger partial charge in [0.05, 0.1) is 28.2 Å². The van der Waals surface area contributed by atoms with E-state index in [0.29, 0.717) is 17.9 Å². The third-order valence-corrected chi connectivity index (χ3v) is 6.56. The molecule has 0 bridgehead atoms. The summed E-state index contributed by atoms with van der Waals surface area (Å²) in [6.07, 6.45) is 7.08. The Morgan fingerprint density at radius 2 is 1.97 bits per heavy atom. The Kier molecular flexibility index (Phi) is 7.09. The fraction of sp³-hybridized carbons (Fsp3) is 0.440. The Bertz CT molecular complexity index is 1090. The van der Waals surface area contributed by atoms with Crippen LogP contribution in [-0.2, 0) is 6.54 Å². The standard InChI is InChI=1S/C25H28ClF2N3O/c1-2-3-6-14-30(25(32)24-19(26)10-7-11-20(24)28)16-23-29-21-15-17(27)12-13-22(21)31(23)18-8-4-5-9-18/h7,10-13,15,18H,2-6,8-9,14,16H2,1H3. The fourth-order valence-corrected chi connectivity index (χ4v) is 4.88. The minimum absolute atomic E-state index is 0.0989. The van der Waals surface area contributed by atoms with Crippen molar-refractivity contribution in [3.8, 4) is 0 Å². The first-order chi connectivity index (χ1) is 15.5. The molecule has 1 heterocycles. The van der Waals surface area contributed by atoms with E-state index in [1.165, 1.54) is 30.3 Å². The van der Waals surface area contributed by atoms with Gasteiger partial charge in [0.1, 0.15) is 17.5 Å². The summed E-state index contributed by atoms with van der Waals surface area (Å²) >= 11 is 6.20. The number of benzene rings is 2. The summed E-state index contributed by atoms with van der Waals surface area (Å²) in [7, 11) is 0. The number of imidazole rings is 1. The van der Waals surface area contributed by atoms with Crippen LogP contribution in [0.1, 0.15) is 74.1 Å². The van der Waals surface area contributed by atoms with E-state index in [4.69, 9.17) is 16.6 Å². The van der Waals surface area contributed by atoms with E-state index in [2.05, 4.69) is 11.5 Å². The van der Waals surface area contributed by atoms with Crippen molar-refractivity contribution >= 4 is 28.5 Å². The number of amides is 1. The number of hydrogen-bond acceptors (Lipinski definition) is 2. The van der Waals surface area contributed by atoms with Gasteiger partial charge in [-0.25, -0.2) is 13.8 Å². The Morgan fingerprint density at radius 1 is 1.19 bits per heavy atom. The van der Waals surface area contributed by atoms with Crippen LogP contribution in [0.15, 0.2) is 36.4 Å². The third kappa shape index (κ3) is 4.65. The van der Waals surface area contributed by atoms with Crippen molar-refractivity contribution in [3.05, 3.63) is 64.4 Å². The number of halogens is 3. The molecule has 1 fully saturated rings. The van der Waals surface area contributed by atoms with Gasteiger partial charge in [-0.1, -0.05) is 50.3 Å². The van der Waals surface area contributed by atoms with Crippen molar-refractivity contribution in [2.75, 3.05) is 6.54 Å². The predicted octanol–water partition coefficient (Wildman–Crippen LogP) is 6.92. The van der Waals surface area contributed by atoms with Crippen molar-refractivity contribution in [1.82, 2.24) is 14.5 Å². The molecule has 4 rings (SSSR count). The molecule has 0 radical (unpaired) electrons. The molecule has 0 unspecified atom stereocenters. The second-order valence-corrected chi connectivity index (χ2v) is 8.91. The highest BCUT2D eigenvalue weighted by Gasteiger charge is 2.27. The van der Waals surface area contributed by atoms with Gasteiger partial charge in [0, 0.05) is 18.7 Å². The number of unbranched alkanes of at least 4 members (excludes halogenated alkanes) is 2. The number of aromatic nitrogens is 2. The molecule has 7 heteroatoms. The van der Waals surface area contributed by atoms with Gasteiger partial charge in [0.25, 0.3) is 5.91 Å². The van der Waals surface area contributed by atoms with E-state index in [1.807, 2.05) is 0 Å². The Balaban J connectivity index is 1.73. The summed E-state index contributed by atoms with van der Waals surface area (Å²) < 4.78 is 30.6. The van der Waals surface area contributed by atoms with Crippen molar-refractivity contribution in [2.45, 2.75) is 64.5 Å². The largest absolute Gasteiger partial charge is 0.331 e. The van der Waals surface area contributed by atoms with Crippen LogP contribution in [-0.4, -0.2) is 26.9 Å². The van der Waals surface area contributed by atoms with Gasteiger partial charge in [0.2, 0.25) is 0 Å². The smallest absolute Gasteiger partial charge is 0.258 e. The minimum atomic E-state index is -0.630. The molecule has 0 saturated heterocycles. The maximum atomic E-state index is 14.5. The van der Waals surface area contributed by atoms with E-state index in [-0.39, 0.29) is 29.0 Å². The van der Waals surface area contributed by atoms with E-state index in [0.717, 1.165) is 50.5 Å². The molecule has 0 spiro atoms. The molecule has 2 aromatic carbocycles. The fourth-order valence-electron chi connectivity index (χ4n) is 4.64. The number of fused-ring (bicyclic) bond motifs is 1. The highest BCUT2D eigenvalue weighted by Crippen LogP contribution is 2.34. The van der Waals surface area contributed by atoms with Crippen molar-refractivity contribution < 1.29 is 13.6 Å². The zero-order chi connectivity index (χ0) is 22.7. The molecule has 1 aliphatic carbocycles. The molecule has 170 valence electrons. The SMILES string of the molecule is CCCCCN(Cc1nc2cc(F)ccc2n1C1CCCC1)C(=O)c1c(F)cccc1Cl. The van der Waals surface area contributed by atoms with Gasteiger partial charge in [-0.3, -0.25) is 4.79 Å². The normalized spacial score (nSPS) is 14.4. The number of hydrogen-bond donors (Lipinski definition) is 0. The molecule has 0 N–H and O–H groups in total. The van der Waals surface area contributed by atoms with Crippen LogP contribution in [0.5, 0.6) is 0 Å². The minimum Gasteiger partial charge on any atom is -0.331 e. The molecule has 4 nitrogen and oxygen atoms in total. The maximum absolute atomic E-state index is 14.5. The molecular formula is C25H28ClF2N3O. The molecule has 1 amide bonds. The van der Waals surface area contributed by atoms with Crippen LogP contribution in [0.2, 0.25) is 5.02 Å². The molecule has 0 aliphatic heterocycles. The monoisotopic (exact) mass is 459 g/mol. The van der Waals surface area contributed by atoms with Gasteiger partial charge in [-0.05, 0) is 43.5 Å². The molecule has 1 saturated carbocycles. The summed E-state index contributed by atoms with van der Waals surface area (Å²) in [4.78, 5) is 19.7. The van der Waals surface area contributed by atoms with Crippen molar-refractivity contribution in [3.63, 3.8) is 0 Å². The van der Waals surface area contributed by atoms with Crippen molar-refractivity contribution in [1.29, 1.82) is 0 Å². The average Bonchev–Trinajstić information content (AvgIpc) is 3.40. The lowest BCUT2D eigenvalue weighted by atomic mass is 10.1. The third-order valence-electron chi connectivity index (χ3n) is 6.24. The van der Waals surface area contributed by atoms with E-state index in [1.54, 1.807) is 11.0 Å². The topological polar surface area (TPSA) is 38.1 Å². The molecule has 32 heavy (non-hydrogen) atoms. The van der Waals surface area contributed by atoms with Gasteiger partial charge < -0.3 is 9.47 Å². The Hall–Kier alpha value is -2.47. The van der Waals surface area contributed by atoms with Gasteiger partial charge in [-0.15, -0.1) is 0 Å². The lowest BCUT2D eigenvalue weighted by Gasteiger charge is -2.25. The van der Waals surface area contributed by atoms with Gasteiger partial charge in [-0.2, -0.15) is 0 Å². The van der Waals surface area contributed by atoms with E-state index in [9.17, 15) is 13.6 Å². The average molecular weight is 460 g/mol. The molecule has 3 aromatic rings. The second-order valence-electron chi connectivity index (χ2n) is 8.50. The quantitative estimate of drug-likeness (QED) is 0.343.